The molecule has 5 unspecified atom stereocenters. The normalized spacial score (nSPS) is 35.1. The minimum Gasteiger partial charge on any atom is -0.481 e. The number of ether oxygens (including phenoxy) is 1. The molecule has 0 aromatic heterocycles. The van der Waals surface area contributed by atoms with Crippen molar-refractivity contribution < 1.29 is 14.6 Å². The summed E-state index contributed by atoms with van der Waals surface area (Å²) >= 11 is 0. The smallest absolute Gasteiger partial charge is 0.306 e. The number of hydrogen-bond acceptors (Lipinski definition) is 3. The van der Waals surface area contributed by atoms with Crippen molar-refractivity contribution in [1.29, 1.82) is 0 Å². The van der Waals surface area contributed by atoms with Crippen molar-refractivity contribution in [3.63, 3.8) is 0 Å². The first-order valence-corrected chi connectivity index (χ1v) is 7.33. The summed E-state index contributed by atoms with van der Waals surface area (Å²) in [7, 11) is 1.93. The van der Waals surface area contributed by atoms with E-state index in [2.05, 4.69) is 11.4 Å². The largest absolute Gasteiger partial charge is 0.481 e. The van der Waals surface area contributed by atoms with Gasteiger partial charge in [0.15, 0.2) is 0 Å². The van der Waals surface area contributed by atoms with Gasteiger partial charge in [-0.25, -0.2) is 0 Å². The Hall–Kier alpha value is -0.870. The van der Waals surface area contributed by atoms with Gasteiger partial charge in [0.05, 0.1) is 18.1 Å². The monoisotopic (exact) mass is 267 g/mol. The number of aliphatic carboxylic acids is 1. The highest BCUT2D eigenvalue weighted by Gasteiger charge is 2.52. The Morgan fingerprint density at radius 3 is 2.84 bits per heavy atom. The third-order valence-electron chi connectivity index (χ3n) is 4.59. The molecule has 0 aromatic rings. The molecule has 0 radical (unpaired) electrons. The SMILES string of the molecule is CC=CCCC(C(=O)O)C1C2CCC(O2)C1CNC. The lowest BCUT2D eigenvalue weighted by Gasteiger charge is -2.32. The van der Waals surface area contributed by atoms with Crippen molar-refractivity contribution in [3.05, 3.63) is 12.2 Å². The van der Waals surface area contributed by atoms with Crippen molar-refractivity contribution in [2.75, 3.05) is 13.6 Å². The van der Waals surface area contributed by atoms with Crippen molar-refractivity contribution in [2.45, 2.75) is 44.8 Å². The second kappa shape index (κ2) is 6.53. The highest BCUT2D eigenvalue weighted by Crippen LogP contribution is 2.47. The van der Waals surface area contributed by atoms with Gasteiger partial charge in [-0.15, -0.1) is 0 Å². The first kappa shape index (κ1) is 14.5. The molecule has 2 aliphatic rings. The molecule has 5 atom stereocenters. The van der Waals surface area contributed by atoms with E-state index in [9.17, 15) is 9.90 Å². The minimum absolute atomic E-state index is 0.162. The Morgan fingerprint density at radius 1 is 1.47 bits per heavy atom. The number of carboxylic acids is 1. The molecule has 0 saturated carbocycles. The van der Waals surface area contributed by atoms with Gasteiger partial charge in [-0.1, -0.05) is 12.2 Å². The van der Waals surface area contributed by atoms with E-state index in [-0.39, 0.29) is 24.0 Å². The van der Waals surface area contributed by atoms with Crippen LogP contribution in [-0.4, -0.2) is 36.9 Å². The predicted molar refractivity (Wildman–Crippen MR) is 74.0 cm³/mol. The molecule has 2 N–H and O–H groups in total. The van der Waals surface area contributed by atoms with Gasteiger partial charge in [0.2, 0.25) is 0 Å². The Labute approximate surface area is 115 Å². The van der Waals surface area contributed by atoms with E-state index in [1.165, 1.54) is 0 Å². The summed E-state index contributed by atoms with van der Waals surface area (Å²) in [6, 6.07) is 0. The summed E-state index contributed by atoms with van der Waals surface area (Å²) in [5.41, 5.74) is 0. The molecule has 0 aromatic carbocycles. The number of nitrogens with one attached hydrogen (secondary N) is 1. The lowest BCUT2D eigenvalue weighted by molar-refractivity contribution is -0.145. The van der Waals surface area contributed by atoms with E-state index < -0.39 is 5.97 Å². The van der Waals surface area contributed by atoms with Gasteiger partial charge < -0.3 is 15.2 Å². The second-order valence-corrected chi connectivity index (χ2v) is 5.68. The summed E-state index contributed by atoms with van der Waals surface area (Å²) in [6.45, 7) is 2.83. The molecule has 2 bridgehead atoms. The van der Waals surface area contributed by atoms with E-state index >= 15 is 0 Å². The van der Waals surface area contributed by atoms with Crippen molar-refractivity contribution in [2.24, 2.45) is 17.8 Å². The maximum Gasteiger partial charge on any atom is 0.306 e. The molecule has 2 heterocycles. The van der Waals surface area contributed by atoms with Crippen molar-refractivity contribution in [1.82, 2.24) is 5.32 Å². The van der Waals surface area contributed by atoms with Gasteiger partial charge in [0, 0.05) is 18.4 Å². The molecule has 4 heteroatoms. The first-order chi connectivity index (χ1) is 9.19. The molecule has 2 fully saturated rings. The third-order valence-corrected chi connectivity index (χ3v) is 4.59. The van der Waals surface area contributed by atoms with Crippen LogP contribution < -0.4 is 5.32 Å². The topological polar surface area (TPSA) is 58.6 Å². The van der Waals surface area contributed by atoms with Gasteiger partial charge in [-0.05, 0) is 39.7 Å². The summed E-state index contributed by atoms with van der Waals surface area (Å²) in [4.78, 5) is 11.6. The molecule has 2 aliphatic heterocycles. The Kier molecular flexibility index (Phi) is 4.99. The van der Waals surface area contributed by atoms with Gasteiger partial charge in [0.1, 0.15) is 0 Å². The van der Waals surface area contributed by atoms with Crippen LogP contribution in [-0.2, 0) is 9.53 Å². The maximum atomic E-state index is 11.6. The van der Waals surface area contributed by atoms with Gasteiger partial charge in [-0.3, -0.25) is 4.79 Å². The zero-order chi connectivity index (χ0) is 13.8. The Bertz CT molecular complexity index is 342. The number of allylic oxidation sites excluding steroid dienone is 2. The van der Waals surface area contributed by atoms with Gasteiger partial charge in [0.25, 0.3) is 0 Å². The van der Waals surface area contributed by atoms with Crippen LogP contribution in [0.3, 0.4) is 0 Å². The van der Waals surface area contributed by atoms with Gasteiger partial charge >= 0.3 is 5.97 Å². The van der Waals surface area contributed by atoms with Crippen LogP contribution >= 0.6 is 0 Å². The molecule has 0 amide bonds. The predicted octanol–water partition coefficient (Wildman–Crippen LogP) is 2.06. The molecule has 0 aliphatic carbocycles. The van der Waals surface area contributed by atoms with Crippen LogP contribution in [0.4, 0.5) is 0 Å². The minimum atomic E-state index is -0.660. The zero-order valence-electron chi connectivity index (χ0n) is 11.8. The molecule has 19 heavy (non-hydrogen) atoms. The average molecular weight is 267 g/mol. The molecule has 108 valence electrons. The molecule has 2 rings (SSSR count). The lowest BCUT2D eigenvalue weighted by Crippen LogP contribution is -2.41. The summed E-state index contributed by atoms with van der Waals surface area (Å²) in [5.74, 6) is -0.402. The van der Waals surface area contributed by atoms with Crippen LogP contribution in [0.15, 0.2) is 12.2 Å². The zero-order valence-corrected chi connectivity index (χ0v) is 11.8. The van der Waals surface area contributed by atoms with E-state index in [4.69, 9.17) is 4.74 Å². The number of carboxylic acid groups (broad SMARTS) is 1. The van der Waals surface area contributed by atoms with Crippen molar-refractivity contribution in [3.8, 4) is 0 Å². The standard InChI is InChI=1S/C15H25NO3/c1-3-4-5-6-10(15(17)18)14-11(9-16-2)12-7-8-13(14)19-12/h3-4,10-14,16H,5-9H2,1-2H3,(H,17,18). The van der Waals surface area contributed by atoms with Crippen LogP contribution in [0.2, 0.25) is 0 Å². The van der Waals surface area contributed by atoms with Crippen LogP contribution in [0.25, 0.3) is 0 Å². The van der Waals surface area contributed by atoms with E-state index in [1.807, 2.05) is 20.0 Å². The Morgan fingerprint density at radius 2 is 2.21 bits per heavy atom. The van der Waals surface area contributed by atoms with Crippen molar-refractivity contribution >= 4 is 5.97 Å². The second-order valence-electron chi connectivity index (χ2n) is 5.68. The molecule has 0 spiro atoms. The highest BCUT2D eigenvalue weighted by atomic mass is 16.5. The first-order valence-electron chi connectivity index (χ1n) is 7.33. The van der Waals surface area contributed by atoms with Crippen LogP contribution in [0.1, 0.15) is 32.6 Å². The molecular weight excluding hydrogens is 242 g/mol. The van der Waals surface area contributed by atoms with E-state index in [0.29, 0.717) is 5.92 Å². The molecular formula is C15H25NO3. The summed E-state index contributed by atoms with van der Waals surface area (Å²) in [5, 5.41) is 12.7. The fourth-order valence-corrected chi connectivity index (χ4v) is 3.79. The number of fused-ring (bicyclic) bond motifs is 2. The quantitative estimate of drug-likeness (QED) is 0.693. The molecule has 2 saturated heterocycles. The number of carbonyl (C=O) groups is 1. The van der Waals surface area contributed by atoms with Crippen LogP contribution in [0.5, 0.6) is 0 Å². The Balaban J connectivity index is 2.08. The highest BCUT2D eigenvalue weighted by molar-refractivity contribution is 5.70. The summed E-state index contributed by atoms with van der Waals surface area (Å²) in [6.07, 6.45) is 8.15. The summed E-state index contributed by atoms with van der Waals surface area (Å²) < 4.78 is 5.97. The fraction of sp³-hybridized carbons (Fsp3) is 0.800. The van der Waals surface area contributed by atoms with Crippen LogP contribution in [0, 0.1) is 17.8 Å². The third kappa shape index (κ3) is 3.00. The molecule has 4 nitrogen and oxygen atoms in total. The lowest BCUT2D eigenvalue weighted by atomic mass is 9.71. The maximum absolute atomic E-state index is 11.6. The van der Waals surface area contributed by atoms with E-state index in [0.717, 1.165) is 32.2 Å². The number of rotatable bonds is 7. The van der Waals surface area contributed by atoms with E-state index in [1.54, 1.807) is 0 Å². The fourth-order valence-electron chi connectivity index (χ4n) is 3.79. The van der Waals surface area contributed by atoms with Gasteiger partial charge in [-0.2, -0.15) is 0 Å². The average Bonchev–Trinajstić information content (AvgIpc) is 2.96. The number of hydrogen-bond donors (Lipinski definition) is 2.